The molecule has 6 heteroatoms. The molecule has 4 fully saturated rings. The van der Waals surface area contributed by atoms with Gasteiger partial charge in [0.15, 0.2) is 0 Å². The molecule has 2 nitrogen and oxygen atoms in total. The van der Waals surface area contributed by atoms with Crippen LogP contribution in [0.2, 0.25) is 0 Å². The molecule has 0 N–H and O–H groups in total. The molecule has 9 rings (SSSR count). The zero-order valence-corrected chi connectivity index (χ0v) is 43.9. The first-order valence-corrected chi connectivity index (χ1v) is 31.7. The number of anilines is 2. The van der Waals surface area contributed by atoms with E-state index in [0.717, 1.165) is 5.56 Å². The first kappa shape index (κ1) is 49.1. The Morgan fingerprint density at radius 3 is 1.09 bits per heavy atom. The zero-order valence-electron chi connectivity index (χ0n) is 39.6. The Balaban J connectivity index is 0.000000175. The Labute approximate surface area is 402 Å². The number of hydrogen-bond donors (Lipinski definition) is 0. The Morgan fingerprint density at radius 1 is 0.469 bits per heavy atom. The van der Waals surface area contributed by atoms with Crippen LogP contribution >= 0.6 is 27.3 Å². The summed E-state index contributed by atoms with van der Waals surface area (Å²) in [6.45, 7) is 15.7. The van der Waals surface area contributed by atoms with Crippen LogP contribution in [0.15, 0.2) is 115 Å². The summed E-state index contributed by atoms with van der Waals surface area (Å²) >= 11 is -1.61. The topological polar surface area (TPSA) is 6.48 Å². The van der Waals surface area contributed by atoms with Crippen LogP contribution in [0.1, 0.15) is 158 Å². The van der Waals surface area contributed by atoms with Crippen molar-refractivity contribution in [2.75, 3.05) is 9.80 Å². The minimum atomic E-state index is -1.61. The SMILES string of the molecule is C1CCC([PH+](C2CCCCC2)C2CCCCC2)CC1.Cc1cc(C)c(N2[CH-]N(c3c(C)cc(C)cc3C)[C@H](c3ccccc3)[C@H]2c2ccccc2)c(C)c1.[Cl][Ru]([Cl])=[CH]c1ccccc1. The van der Waals surface area contributed by atoms with Crippen LogP contribution in [0.4, 0.5) is 11.4 Å². The van der Waals surface area contributed by atoms with E-state index in [2.05, 4.69) is 143 Å². The third-order valence-corrected chi connectivity index (χ3v) is 20.9. The van der Waals surface area contributed by atoms with Gasteiger partial charge in [0.2, 0.25) is 0 Å². The molecule has 2 atom stereocenters. The molecular weight excluding hydrogens is 928 g/mol. The molecule has 4 aliphatic rings. The van der Waals surface area contributed by atoms with Gasteiger partial charge in [0, 0.05) is 19.3 Å². The van der Waals surface area contributed by atoms with Crippen molar-refractivity contribution in [2.45, 2.75) is 167 Å². The molecule has 0 bridgehead atoms. The van der Waals surface area contributed by atoms with Crippen molar-refractivity contribution >= 4 is 43.3 Å². The van der Waals surface area contributed by atoms with Gasteiger partial charge < -0.3 is 9.80 Å². The van der Waals surface area contributed by atoms with E-state index in [-0.39, 0.29) is 20.0 Å². The molecule has 0 amide bonds. The molecule has 0 spiro atoms. The third-order valence-electron chi connectivity index (χ3n) is 14.4. The number of halogens is 2. The summed E-state index contributed by atoms with van der Waals surface area (Å²) in [7, 11) is 11.3. The van der Waals surface area contributed by atoms with E-state index >= 15 is 0 Å². The third kappa shape index (κ3) is 12.8. The molecule has 3 saturated carbocycles. The fourth-order valence-corrected chi connectivity index (χ4v) is 19.1. The summed E-state index contributed by atoms with van der Waals surface area (Å²) in [5, 5.41) is 0. The predicted octanol–water partition coefficient (Wildman–Crippen LogP) is 17.4. The Kier molecular flexibility index (Phi) is 18.6. The van der Waals surface area contributed by atoms with Crippen molar-refractivity contribution in [2.24, 2.45) is 0 Å². The van der Waals surface area contributed by atoms with E-state index in [1.54, 1.807) is 96.3 Å². The molecular formula is C58H75Cl2N2PRu. The molecule has 1 aliphatic heterocycles. The van der Waals surface area contributed by atoms with Gasteiger partial charge in [-0.3, -0.25) is 0 Å². The summed E-state index contributed by atoms with van der Waals surface area (Å²) < 4.78 is 1.92. The molecule has 5 aromatic rings. The van der Waals surface area contributed by atoms with Crippen molar-refractivity contribution in [3.63, 3.8) is 0 Å². The van der Waals surface area contributed by atoms with Gasteiger partial charge in [0.05, 0.1) is 29.1 Å². The van der Waals surface area contributed by atoms with Crippen LogP contribution in [0.3, 0.4) is 0 Å². The van der Waals surface area contributed by atoms with Crippen LogP contribution in [0.5, 0.6) is 0 Å². The zero-order chi connectivity index (χ0) is 45.0. The Morgan fingerprint density at radius 2 is 0.781 bits per heavy atom. The van der Waals surface area contributed by atoms with Crippen molar-refractivity contribution < 1.29 is 13.5 Å². The summed E-state index contributed by atoms with van der Waals surface area (Å²) in [5.41, 5.74) is 17.9. The minimum absolute atomic E-state index is 0.0465. The molecule has 3 aliphatic carbocycles. The molecule has 1 heterocycles. The van der Waals surface area contributed by atoms with Gasteiger partial charge in [-0.05, 0) is 152 Å². The van der Waals surface area contributed by atoms with E-state index in [1.807, 2.05) is 34.9 Å². The van der Waals surface area contributed by atoms with Crippen LogP contribution in [-0.4, -0.2) is 21.6 Å². The molecule has 344 valence electrons. The van der Waals surface area contributed by atoms with Gasteiger partial charge in [0.1, 0.15) is 0 Å². The first-order valence-electron chi connectivity index (χ1n) is 24.5. The number of hydrogen-bond acceptors (Lipinski definition) is 2. The van der Waals surface area contributed by atoms with Crippen molar-refractivity contribution in [1.29, 1.82) is 0 Å². The van der Waals surface area contributed by atoms with E-state index in [9.17, 15) is 0 Å². The van der Waals surface area contributed by atoms with Crippen molar-refractivity contribution in [1.82, 2.24) is 0 Å². The number of aryl methyl sites for hydroxylation is 6. The van der Waals surface area contributed by atoms with E-state index in [4.69, 9.17) is 19.4 Å². The maximum absolute atomic E-state index is 5.67. The first-order chi connectivity index (χ1) is 31.1. The van der Waals surface area contributed by atoms with Gasteiger partial charge in [-0.1, -0.05) is 115 Å². The normalized spacial score (nSPS) is 20.0. The van der Waals surface area contributed by atoms with Crippen molar-refractivity contribution in [3.05, 3.63) is 172 Å². The van der Waals surface area contributed by atoms with E-state index < -0.39 is 13.5 Å². The molecule has 0 aromatic heterocycles. The van der Waals surface area contributed by atoms with E-state index in [1.165, 1.54) is 72.9 Å². The second-order valence-electron chi connectivity index (χ2n) is 19.4. The summed E-state index contributed by atoms with van der Waals surface area (Å²) in [6.07, 6.45) is 23.8. The van der Waals surface area contributed by atoms with Gasteiger partial charge in [-0.25, -0.2) is 0 Å². The molecule has 0 radical (unpaired) electrons. The van der Waals surface area contributed by atoms with Crippen LogP contribution in [0, 0.1) is 48.2 Å². The van der Waals surface area contributed by atoms with Crippen molar-refractivity contribution in [3.8, 4) is 0 Å². The molecule has 0 unspecified atom stereocenters. The second kappa shape index (κ2) is 24.3. The standard InChI is InChI=1S/C33H35N2.C18H33P.C7H6.2ClH.Ru/c1-22-17-24(3)30(25(4)18-22)34-21-35(31-26(5)19-23(2)20-27(31)6)33(29-15-11-8-12-16-29)32(34)28-13-9-7-10-14-28;1-4-10-16(11-5-1)19(17-12-6-2-7-13-17)18-14-8-3-9-15-18;1-7-5-3-2-4-6-7;;;/h7-21,32-33H,1-6H3;16-18H,1-15H2;1-6H;2*1H;/q-1;;;;;+2/p-1/t32-,33-;;;;;/m1...../s1. The van der Waals surface area contributed by atoms with Gasteiger partial charge in [-0.2, -0.15) is 6.67 Å². The Bertz CT molecular complexity index is 2030. The van der Waals surface area contributed by atoms with Gasteiger partial charge in [0.25, 0.3) is 0 Å². The maximum atomic E-state index is 5.67. The second-order valence-corrected chi connectivity index (χ2v) is 28.5. The number of benzene rings is 5. The molecule has 5 aromatic carbocycles. The average Bonchev–Trinajstić information content (AvgIpc) is 3.67. The van der Waals surface area contributed by atoms with Gasteiger partial charge in [-0.15, -0.1) is 0 Å². The fourth-order valence-electron chi connectivity index (χ4n) is 12.0. The monoisotopic (exact) mass is 1000 g/mol. The molecule has 1 saturated heterocycles. The average molecular weight is 1000 g/mol. The van der Waals surface area contributed by atoms with Gasteiger partial charge >= 0.3 is 73.4 Å². The van der Waals surface area contributed by atoms with Crippen LogP contribution in [0.25, 0.3) is 0 Å². The quantitative estimate of drug-likeness (QED) is 0.0868. The fraction of sp³-hybridized carbons (Fsp3) is 0.448. The summed E-state index contributed by atoms with van der Waals surface area (Å²) in [4.78, 5) is 5.05. The number of nitrogens with zero attached hydrogens (tertiary/aromatic N) is 2. The van der Waals surface area contributed by atoms with Crippen LogP contribution in [-0.2, 0) is 13.5 Å². The molecule has 64 heavy (non-hydrogen) atoms. The number of rotatable bonds is 8. The van der Waals surface area contributed by atoms with Crippen LogP contribution < -0.4 is 9.80 Å². The predicted molar refractivity (Wildman–Crippen MR) is 281 cm³/mol. The van der Waals surface area contributed by atoms with E-state index in [0.29, 0.717) is 0 Å². The summed E-state index contributed by atoms with van der Waals surface area (Å²) in [5.74, 6) is 0. The summed E-state index contributed by atoms with van der Waals surface area (Å²) in [6, 6.07) is 41.4. The Hall–Kier alpha value is -2.80.